The summed E-state index contributed by atoms with van der Waals surface area (Å²) in [6.07, 6.45) is 1.14. The summed E-state index contributed by atoms with van der Waals surface area (Å²) in [7, 11) is -3.07. The summed E-state index contributed by atoms with van der Waals surface area (Å²) in [5.41, 5.74) is -1.05. The Morgan fingerprint density at radius 3 is 2.14 bits per heavy atom. The highest BCUT2D eigenvalue weighted by Gasteiger charge is 2.41. The Labute approximate surface area is 126 Å². The number of amides is 1. The van der Waals surface area contributed by atoms with Crippen molar-refractivity contribution in [3.8, 4) is 0 Å². The number of carbonyl (C=O) groups is 2. The molecule has 1 saturated heterocycles. The number of carboxylic acid groups (broad SMARTS) is 1. The lowest BCUT2D eigenvalue weighted by Crippen LogP contribution is -2.44. The normalized spacial score (nSPS) is 21.2. The summed E-state index contributed by atoms with van der Waals surface area (Å²) in [4.78, 5) is 25.5. The Hall–Kier alpha value is -1.11. The molecule has 6 nitrogen and oxygen atoms in total. The van der Waals surface area contributed by atoms with Gasteiger partial charge in [-0.25, -0.2) is 8.42 Å². The molecule has 1 rings (SSSR count). The van der Waals surface area contributed by atoms with Gasteiger partial charge in [-0.15, -0.1) is 0 Å². The molecule has 1 N–H and O–H groups in total. The van der Waals surface area contributed by atoms with Crippen LogP contribution in [0.2, 0.25) is 0 Å². The molecule has 1 aliphatic rings. The van der Waals surface area contributed by atoms with Gasteiger partial charge in [0.25, 0.3) is 0 Å². The van der Waals surface area contributed by atoms with Crippen LogP contribution in [0.4, 0.5) is 0 Å². The lowest BCUT2D eigenvalue weighted by molar-refractivity contribution is -0.154. The highest BCUT2D eigenvalue weighted by atomic mass is 32.2. The fraction of sp³-hybridized carbons (Fsp3) is 0.857. The molecule has 0 radical (unpaired) electrons. The summed E-state index contributed by atoms with van der Waals surface area (Å²) >= 11 is 0. The van der Waals surface area contributed by atoms with Crippen LogP contribution in [-0.2, 0) is 19.4 Å². The van der Waals surface area contributed by atoms with Gasteiger partial charge in [-0.1, -0.05) is 13.8 Å². The first-order valence-electron chi connectivity index (χ1n) is 7.44. The van der Waals surface area contributed by atoms with Crippen LogP contribution in [0.1, 0.15) is 46.5 Å². The molecule has 1 amide bonds. The van der Waals surface area contributed by atoms with E-state index >= 15 is 0 Å². The monoisotopic (exact) mass is 319 g/mol. The third kappa shape index (κ3) is 3.96. The minimum absolute atomic E-state index is 0.00903. The molecule has 0 spiro atoms. The maximum atomic E-state index is 12.5. The zero-order valence-electron chi connectivity index (χ0n) is 13.0. The second-order valence-corrected chi connectivity index (χ2v) is 7.93. The van der Waals surface area contributed by atoms with E-state index < -0.39 is 21.2 Å². The van der Waals surface area contributed by atoms with E-state index in [-0.39, 0.29) is 29.9 Å². The largest absolute Gasteiger partial charge is 0.481 e. The van der Waals surface area contributed by atoms with Gasteiger partial charge in [0.05, 0.1) is 16.9 Å². The summed E-state index contributed by atoms with van der Waals surface area (Å²) in [5, 5.41) is 9.41. The van der Waals surface area contributed by atoms with Gasteiger partial charge in [0, 0.05) is 19.0 Å². The van der Waals surface area contributed by atoms with Crippen molar-refractivity contribution in [2.75, 3.05) is 18.1 Å². The maximum absolute atomic E-state index is 12.5. The second-order valence-electron chi connectivity index (χ2n) is 5.71. The van der Waals surface area contributed by atoms with E-state index in [0.717, 1.165) is 0 Å². The Kier molecular flexibility index (Phi) is 5.78. The number of carbonyl (C=O) groups excluding carboxylic acids is 1. The van der Waals surface area contributed by atoms with Crippen molar-refractivity contribution in [1.82, 2.24) is 4.90 Å². The summed E-state index contributed by atoms with van der Waals surface area (Å²) < 4.78 is 23.1. The molecule has 0 bridgehead atoms. The van der Waals surface area contributed by atoms with Gasteiger partial charge < -0.3 is 10.0 Å². The van der Waals surface area contributed by atoms with E-state index in [1.165, 1.54) is 4.90 Å². The van der Waals surface area contributed by atoms with Gasteiger partial charge in [-0.05, 0) is 26.2 Å². The van der Waals surface area contributed by atoms with Crippen LogP contribution >= 0.6 is 0 Å². The summed E-state index contributed by atoms with van der Waals surface area (Å²) in [6, 6.07) is -0.312. The van der Waals surface area contributed by atoms with Crippen molar-refractivity contribution in [2.24, 2.45) is 5.41 Å². The first-order valence-corrected chi connectivity index (χ1v) is 9.26. The lowest BCUT2D eigenvalue weighted by Gasteiger charge is -2.32. The fourth-order valence-corrected chi connectivity index (χ4v) is 4.66. The second kappa shape index (κ2) is 6.77. The van der Waals surface area contributed by atoms with Gasteiger partial charge in [0.15, 0.2) is 9.84 Å². The van der Waals surface area contributed by atoms with E-state index in [4.69, 9.17) is 0 Å². The Bertz CT molecular complexity index is 495. The van der Waals surface area contributed by atoms with Crippen molar-refractivity contribution in [3.05, 3.63) is 0 Å². The minimum atomic E-state index is -3.07. The number of hydrogen-bond acceptors (Lipinski definition) is 4. The molecular weight excluding hydrogens is 294 g/mol. The van der Waals surface area contributed by atoms with E-state index in [0.29, 0.717) is 25.8 Å². The van der Waals surface area contributed by atoms with Crippen LogP contribution in [-0.4, -0.2) is 54.4 Å². The van der Waals surface area contributed by atoms with E-state index in [2.05, 4.69) is 0 Å². The summed E-state index contributed by atoms with van der Waals surface area (Å²) in [5.74, 6) is -1.13. The minimum Gasteiger partial charge on any atom is -0.481 e. The number of nitrogens with zero attached hydrogens (tertiary/aromatic N) is 1. The molecule has 122 valence electrons. The Morgan fingerprint density at radius 1 is 1.24 bits per heavy atom. The molecule has 0 saturated carbocycles. The molecule has 21 heavy (non-hydrogen) atoms. The quantitative estimate of drug-likeness (QED) is 0.763. The number of aliphatic carboxylic acids is 1. The first kappa shape index (κ1) is 17.9. The lowest BCUT2D eigenvalue weighted by atomic mass is 9.79. The van der Waals surface area contributed by atoms with Crippen molar-refractivity contribution in [2.45, 2.75) is 52.5 Å². The average Bonchev–Trinajstić information content (AvgIpc) is 2.76. The van der Waals surface area contributed by atoms with Gasteiger partial charge in [0.1, 0.15) is 0 Å². The molecule has 1 unspecified atom stereocenters. The number of hydrogen-bond donors (Lipinski definition) is 1. The van der Waals surface area contributed by atoms with Crippen LogP contribution in [0.5, 0.6) is 0 Å². The van der Waals surface area contributed by atoms with Gasteiger partial charge in [0.2, 0.25) is 5.91 Å². The maximum Gasteiger partial charge on any atom is 0.310 e. The molecule has 0 aromatic rings. The van der Waals surface area contributed by atoms with Gasteiger partial charge in [-0.2, -0.15) is 0 Å². The Morgan fingerprint density at radius 2 is 1.81 bits per heavy atom. The van der Waals surface area contributed by atoms with Crippen LogP contribution in [0, 0.1) is 5.41 Å². The molecule has 1 fully saturated rings. The fourth-order valence-electron chi connectivity index (χ4n) is 2.93. The van der Waals surface area contributed by atoms with Crippen LogP contribution in [0.15, 0.2) is 0 Å². The smallest absolute Gasteiger partial charge is 0.310 e. The summed E-state index contributed by atoms with van der Waals surface area (Å²) in [6.45, 7) is 5.73. The molecule has 1 aliphatic heterocycles. The van der Waals surface area contributed by atoms with Gasteiger partial charge >= 0.3 is 5.97 Å². The SMILES string of the molecule is CCN(C(=O)CC(CC)(CC)C(=O)O)C1CCS(=O)(=O)C1. The van der Waals surface area contributed by atoms with E-state index in [1.54, 1.807) is 20.8 Å². The molecular formula is C14H25NO5S. The standard InChI is InChI=1S/C14H25NO5S/c1-4-14(5-2,13(17)18)9-12(16)15(6-3)11-7-8-21(19,20)10-11/h11H,4-10H2,1-3H3,(H,17,18). The third-order valence-corrected chi connectivity index (χ3v) is 6.36. The molecule has 7 heteroatoms. The molecule has 0 aromatic carbocycles. The van der Waals surface area contributed by atoms with Crippen LogP contribution in [0.3, 0.4) is 0 Å². The first-order chi connectivity index (χ1) is 9.71. The molecule has 0 aliphatic carbocycles. The Balaban J connectivity index is 2.87. The number of rotatable bonds is 7. The highest BCUT2D eigenvalue weighted by molar-refractivity contribution is 7.91. The molecule has 0 aromatic heterocycles. The zero-order valence-corrected chi connectivity index (χ0v) is 13.8. The highest BCUT2D eigenvalue weighted by Crippen LogP contribution is 2.32. The molecule has 1 heterocycles. The predicted octanol–water partition coefficient (Wildman–Crippen LogP) is 1.30. The topological polar surface area (TPSA) is 91.8 Å². The predicted molar refractivity (Wildman–Crippen MR) is 79.7 cm³/mol. The zero-order chi connectivity index (χ0) is 16.3. The van der Waals surface area contributed by atoms with Crippen molar-refractivity contribution in [1.29, 1.82) is 0 Å². The van der Waals surface area contributed by atoms with Gasteiger partial charge in [-0.3, -0.25) is 9.59 Å². The number of carboxylic acids is 1. The third-order valence-electron chi connectivity index (χ3n) is 4.61. The van der Waals surface area contributed by atoms with E-state index in [1.807, 2.05) is 0 Å². The van der Waals surface area contributed by atoms with Crippen LogP contribution < -0.4 is 0 Å². The average molecular weight is 319 g/mol. The van der Waals surface area contributed by atoms with E-state index in [9.17, 15) is 23.1 Å². The van der Waals surface area contributed by atoms with Crippen molar-refractivity contribution < 1.29 is 23.1 Å². The number of sulfone groups is 1. The molecule has 1 atom stereocenters. The van der Waals surface area contributed by atoms with Crippen molar-refractivity contribution in [3.63, 3.8) is 0 Å². The van der Waals surface area contributed by atoms with Crippen molar-refractivity contribution >= 4 is 21.7 Å². The van der Waals surface area contributed by atoms with Crippen LogP contribution in [0.25, 0.3) is 0 Å².